The number of ketones is 1. The SMILES string of the molecule is CCn1nc(C)cc1C(=O)c1ccc(C)c(Cl)c1. The normalized spacial score (nSPS) is 10.7. The summed E-state index contributed by atoms with van der Waals surface area (Å²) in [6.07, 6.45) is 0. The molecule has 0 aliphatic heterocycles. The summed E-state index contributed by atoms with van der Waals surface area (Å²) in [5.41, 5.74) is 3.02. The van der Waals surface area contributed by atoms with E-state index in [4.69, 9.17) is 11.6 Å². The predicted molar refractivity (Wildman–Crippen MR) is 72.3 cm³/mol. The van der Waals surface area contributed by atoms with Crippen molar-refractivity contribution in [1.29, 1.82) is 0 Å². The first kappa shape index (κ1) is 12.8. The zero-order valence-corrected chi connectivity index (χ0v) is 11.5. The molecule has 2 rings (SSSR count). The van der Waals surface area contributed by atoms with E-state index >= 15 is 0 Å². The smallest absolute Gasteiger partial charge is 0.211 e. The number of carbonyl (C=O) groups is 1. The van der Waals surface area contributed by atoms with Crippen LogP contribution in [0.2, 0.25) is 5.02 Å². The van der Waals surface area contributed by atoms with Crippen LogP contribution in [0.5, 0.6) is 0 Å². The number of rotatable bonds is 3. The van der Waals surface area contributed by atoms with Gasteiger partial charge in [-0.3, -0.25) is 9.48 Å². The first-order valence-corrected chi connectivity index (χ1v) is 6.26. The van der Waals surface area contributed by atoms with Crippen molar-refractivity contribution in [3.8, 4) is 0 Å². The molecule has 0 atom stereocenters. The summed E-state index contributed by atoms with van der Waals surface area (Å²) in [4.78, 5) is 12.4. The summed E-state index contributed by atoms with van der Waals surface area (Å²) in [6.45, 7) is 6.43. The maximum Gasteiger partial charge on any atom is 0.211 e. The minimum atomic E-state index is -0.0423. The Morgan fingerprint density at radius 2 is 2.06 bits per heavy atom. The van der Waals surface area contributed by atoms with Crippen LogP contribution in [0.4, 0.5) is 0 Å². The second-order valence-electron chi connectivity index (χ2n) is 4.28. The number of nitrogens with zero attached hydrogens (tertiary/aromatic N) is 2. The number of halogens is 1. The summed E-state index contributed by atoms with van der Waals surface area (Å²) in [5.74, 6) is -0.0423. The fourth-order valence-corrected chi connectivity index (χ4v) is 2.03. The third-order valence-corrected chi connectivity index (χ3v) is 3.28. The molecule has 1 heterocycles. The molecule has 1 aromatic heterocycles. The van der Waals surface area contributed by atoms with Gasteiger partial charge < -0.3 is 0 Å². The number of carbonyl (C=O) groups excluding carboxylic acids is 1. The molecule has 1 aromatic carbocycles. The Bertz CT molecular complexity index is 602. The van der Waals surface area contributed by atoms with Crippen LogP contribution in [0.1, 0.15) is 34.2 Å². The zero-order valence-electron chi connectivity index (χ0n) is 10.7. The molecule has 2 aromatic rings. The number of aromatic nitrogens is 2. The van der Waals surface area contributed by atoms with Gasteiger partial charge in [0.05, 0.1) is 5.69 Å². The van der Waals surface area contributed by atoms with Crippen molar-refractivity contribution in [2.24, 2.45) is 0 Å². The molecule has 0 radical (unpaired) electrons. The number of hydrogen-bond acceptors (Lipinski definition) is 2. The molecule has 0 N–H and O–H groups in total. The molecule has 0 spiro atoms. The highest BCUT2D eigenvalue weighted by molar-refractivity contribution is 6.31. The van der Waals surface area contributed by atoms with E-state index in [0.29, 0.717) is 22.8 Å². The highest BCUT2D eigenvalue weighted by atomic mass is 35.5. The molecular weight excluding hydrogens is 248 g/mol. The molecule has 3 nitrogen and oxygen atoms in total. The van der Waals surface area contributed by atoms with Gasteiger partial charge in [-0.15, -0.1) is 0 Å². The van der Waals surface area contributed by atoms with Gasteiger partial charge in [-0.1, -0.05) is 23.7 Å². The predicted octanol–water partition coefficient (Wildman–Crippen LogP) is 3.40. The minimum Gasteiger partial charge on any atom is -0.287 e. The maximum absolute atomic E-state index is 12.4. The second-order valence-corrected chi connectivity index (χ2v) is 4.69. The molecule has 0 bridgehead atoms. The van der Waals surface area contributed by atoms with Crippen LogP contribution in [0.3, 0.4) is 0 Å². The molecule has 0 aliphatic rings. The number of aryl methyl sites for hydroxylation is 3. The van der Waals surface area contributed by atoms with Gasteiger partial charge in [0.15, 0.2) is 0 Å². The molecule has 0 saturated carbocycles. The second kappa shape index (κ2) is 4.94. The Labute approximate surface area is 111 Å². The molecule has 0 unspecified atom stereocenters. The van der Waals surface area contributed by atoms with Crippen molar-refractivity contribution in [1.82, 2.24) is 9.78 Å². The third kappa shape index (κ3) is 2.31. The molecule has 4 heteroatoms. The standard InChI is InChI=1S/C14H15ClN2O/c1-4-17-13(7-10(3)16-17)14(18)11-6-5-9(2)12(15)8-11/h5-8H,4H2,1-3H3. The van der Waals surface area contributed by atoms with Crippen LogP contribution in [0.15, 0.2) is 24.3 Å². The van der Waals surface area contributed by atoms with Crippen molar-refractivity contribution >= 4 is 17.4 Å². The van der Waals surface area contributed by atoms with Crippen molar-refractivity contribution in [3.05, 3.63) is 51.8 Å². The Morgan fingerprint density at radius 1 is 1.33 bits per heavy atom. The number of benzene rings is 1. The summed E-state index contributed by atoms with van der Waals surface area (Å²) < 4.78 is 1.71. The quantitative estimate of drug-likeness (QED) is 0.795. The van der Waals surface area contributed by atoms with Gasteiger partial charge in [0.1, 0.15) is 5.69 Å². The van der Waals surface area contributed by atoms with E-state index < -0.39 is 0 Å². The van der Waals surface area contributed by atoms with Crippen LogP contribution >= 0.6 is 11.6 Å². The first-order valence-electron chi connectivity index (χ1n) is 5.88. The molecule has 0 aliphatic carbocycles. The van der Waals surface area contributed by atoms with Crippen molar-refractivity contribution in [2.45, 2.75) is 27.3 Å². The fraction of sp³-hybridized carbons (Fsp3) is 0.286. The topological polar surface area (TPSA) is 34.9 Å². The Balaban J connectivity index is 2.44. The van der Waals surface area contributed by atoms with Gasteiger partial charge >= 0.3 is 0 Å². The van der Waals surface area contributed by atoms with Crippen molar-refractivity contribution < 1.29 is 4.79 Å². The first-order chi connectivity index (χ1) is 8.52. The van der Waals surface area contributed by atoms with Gasteiger partial charge in [-0.2, -0.15) is 5.10 Å². The van der Waals surface area contributed by atoms with Crippen molar-refractivity contribution in [3.63, 3.8) is 0 Å². The third-order valence-electron chi connectivity index (χ3n) is 2.87. The average Bonchev–Trinajstić information content (AvgIpc) is 2.73. The highest BCUT2D eigenvalue weighted by Crippen LogP contribution is 2.19. The minimum absolute atomic E-state index is 0.0423. The van der Waals surface area contributed by atoms with Crippen LogP contribution < -0.4 is 0 Å². The Hall–Kier alpha value is -1.61. The van der Waals surface area contributed by atoms with E-state index in [-0.39, 0.29) is 5.78 Å². The fourth-order valence-electron chi connectivity index (χ4n) is 1.85. The Kier molecular flexibility index (Phi) is 3.53. The van der Waals surface area contributed by atoms with Crippen LogP contribution in [-0.4, -0.2) is 15.6 Å². The van der Waals surface area contributed by atoms with E-state index in [1.165, 1.54) is 0 Å². The Morgan fingerprint density at radius 3 is 2.67 bits per heavy atom. The summed E-state index contributed by atoms with van der Waals surface area (Å²) in [7, 11) is 0. The molecular formula is C14H15ClN2O. The van der Waals surface area contributed by atoms with E-state index in [1.54, 1.807) is 22.9 Å². The molecule has 0 saturated heterocycles. The van der Waals surface area contributed by atoms with Gasteiger partial charge in [0.2, 0.25) is 5.78 Å². The van der Waals surface area contributed by atoms with E-state index in [0.717, 1.165) is 11.3 Å². The lowest BCUT2D eigenvalue weighted by Crippen LogP contribution is -2.10. The van der Waals surface area contributed by atoms with E-state index in [2.05, 4.69) is 5.10 Å². The van der Waals surface area contributed by atoms with Crippen molar-refractivity contribution in [2.75, 3.05) is 0 Å². The molecule has 0 fully saturated rings. The van der Waals surface area contributed by atoms with Crippen LogP contribution in [0, 0.1) is 13.8 Å². The van der Waals surface area contributed by atoms with Gasteiger partial charge in [0, 0.05) is 17.1 Å². The van der Waals surface area contributed by atoms with Crippen LogP contribution in [0.25, 0.3) is 0 Å². The van der Waals surface area contributed by atoms with Gasteiger partial charge in [0.25, 0.3) is 0 Å². The summed E-state index contributed by atoms with van der Waals surface area (Å²) in [6, 6.07) is 7.17. The van der Waals surface area contributed by atoms with Crippen LogP contribution in [-0.2, 0) is 6.54 Å². The zero-order chi connectivity index (χ0) is 13.3. The van der Waals surface area contributed by atoms with E-state index in [9.17, 15) is 4.79 Å². The summed E-state index contributed by atoms with van der Waals surface area (Å²) >= 11 is 6.05. The van der Waals surface area contributed by atoms with E-state index in [1.807, 2.05) is 26.8 Å². The van der Waals surface area contributed by atoms with Gasteiger partial charge in [-0.05, 0) is 38.5 Å². The highest BCUT2D eigenvalue weighted by Gasteiger charge is 2.15. The lowest BCUT2D eigenvalue weighted by molar-refractivity contribution is 0.102. The largest absolute Gasteiger partial charge is 0.287 e. The lowest BCUT2D eigenvalue weighted by Gasteiger charge is -2.05. The lowest BCUT2D eigenvalue weighted by atomic mass is 10.1. The van der Waals surface area contributed by atoms with Gasteiger partial charge in [-0.25, -0.2) is 0 Å². The molecule has 0 amide bonds. The summed E-state index contributed by atoms with van der Waals surface area (Å²) in [5, 5.41) is 4.89. The maximum atomic E-state index is 12.4. The molecule has 94 valence electrons. The molecule has 18 heavy (non-hydrogen) atoms. The monoisotopic (exact) mass is 262 g/mol. The average molecular weight is 263 g/mol. The number of hydrogen-bond donors (Lipinski definition) is 0.